The van der Waals surface area contributed by atoms with Gasteiger partial charge in [-0.2, -0.15) is 0 Å². The van der Waals surface area contributed by atoms with Crippen LogP contribution < -0.4 is 15.0 Å². The number of halogens is 2. The first-order chi connectivity index (χ1) is 12.4. The van der Waals surface area contributed by atoms with Crippen LogP contribution in [0.3, 0.4) is 0 Å². The predicted molar refractivity (Wildman–Crippen MR) is 103 cm³/mol. The van der Waals surface area contributed by atoms with Crippen LogP contribution >= 0.6 is 23.2 Å². The number of hydrogen-bond acceptors (Lipinski definition) is 3. The van der Waals surface area contributed by atoms with Crippen molar-refractivity contribution in [2.75, 3.05) is 23.9 Å². The summed E-state index contributed by atoms with van der Waals surface area (Å²) in [5, 5.41) is 3.77. The number of carbonyl (C=O) groups excluding carboxylic acids is 2. The summed E-state index contributed by atoms with van der Waals surface area (Å²) in [6, 6.07) is 10.4. The molecule has 1 heterocycles. The number of aryl methyl sites for hydroxylation is 1. The lowest BCUT2D eigenvalue weighted by Gasteiger charge is -2.20. The fraction of sp³-hybridized carbons (Fsp3) is 0.263. The molecule has 0 aliphatic carbocycles. The summed E-state index contributed by atoms with van der Waals surface area (Å²) in [5.74, 6) is -0.345. The minimum Gasteiger partial charge on any atom is -0.495 e. The molecule has 1 fully saturated rings. The summed E-state index contributed by atoms with van der Waals surface area (Å²) in [6.45, 7) is 2.17. The number of rotatable bonds is 4. The van der Waals surface area contributed by atoms with Crippen LogP contribution in [0.5, 0.6) is 5.75 Å². The molecule has 0 unspecified atom stereocenters. The monoisotopic (exact) mass is 392 g/mol. The Morgan fingerprint density at radius 1 is 1.23 bits per heavy atom. The fourth-order valence-electron chi connectivity index (χ4n) is 2.95. The maximum atomic E-state index is 12.6. The van der Waals surface area contributed by atoms with Crippen molar-refractivity contribution < 1.29 is 14.3 Å². The summed E-state index contributed by atoms with van der Waals surface area (Å²) >= 11 is 12.2. The fourth-order valence-corrected chi connectivity index (χ4v) is 3.40. The molecule has 0 radical (unpaired) electrons. The van der Waals surface area contributed by atoms with E-state index in [0.29, 0.717) is 27.2 Å². The van der Waals surface area contributed by atoms with Crippen LogP contribution in [0, 0.1) is 12.8 Å². The van der Waals surface area contributed by atoms with E-state index in [9.17, 15) is 9.59 Å². The van der Waals surface area contributed by atoms with Crippen LogP contribution in [0.2, 0.25) is 10.0 Å². The number of nitrogens with zero attached hydrogens (tertiary/aromatic N) is 1. The van der Waals surface area contributed by atoms with E-state index in [0.717, 1.165) is 5.56 Å². The lowest BCUT2D eigenvalue weighted by molar-refractivity contribution is -0.122. The van der Waals surface area contributed by atoms with Crippen LogP contribution in [0.1, 0.15) is 12.0 Å². The molecule has 0 aromatic heterocycles. The smallest absolute Gasteiger partial charge is 0.229 e. The van der Waals surface area contributed by atoms with Gasteiger partial charge >= 0.3 is 0 Å². The molecule has 5 nitrogen and oxygen atoms in total. The number of anilines is 2. The predicted octanol–water partition coefficient (Wildman–Crippen LogP) is 4.30. The first-order valence-electron chi connectivity index (χ1n) is 8.10. The van der Waals surface area contributed by atoms with E-state index in [4.69, 9.17) is 27.9 Å². The maximum absolute atomic E-state index is 12.6. The third kappa shape index (κ3) is 3.79. The summed E-state index contributed by atoms with van der Waals surface area (Å²) < 4.78 is 5.31. The minimum absolute atomic E-state index is 0.116. The lowest BCUT2D eigenvalue weighted by atomic mass is 10.1. The van der Waals surface area contributed by atoms with Crippen molar-refractivity contribution in [1.82, 2.24) is 0 Å². The molecule has 0 bridgehead atoms. The van der Waals surface area contributed by atoms with Gasteiger partial charge in [-0.15, -0.1) is 0 Å². The van der Waals surface area contributed by atoms with Crippen molar-refractivity contribution in [3.63, 3.8) is 0 Å². The molecule has 1 atom stereocenters. The zero-order valence-corrected chi connectivity index (χ0v) is 15.9. The Hall–Kier alpha value is -2.24. The number of amides is 2. The van der Waals surface area contributed by atoms with Gasteiger partial charge in [0.15, 0.2) is 0 Å². The number of carbonyl (C=O) groups is 2. The van der Waals surface area contributed by atoms with Gasteiger partial charge in [-0.25, -0.2) is 0 Å². The Labute approximate surface area is 161 Å². The van der Waals surface area contributed by atoms with Gasteiger partial charge in [0.1, 0.15) is 5.75 Å². The first-order valence-corrected chi connectivity index (χ1v) is 8.85. The maximum Gasteiger partial charge on any atom is 0.229 e. The molecule has 7 heteroatoms. The first kappa shape index (κ1) is 18.5. The van der Waals surface area contributed by atoms with Gasteiger partial charge in [0.05, 0.1) is 29.4 Å². The second-order valence-electron chi connectivity index (χ2n) is 6.19. The van der Waals surface area contributed by atoms with Crippen molar-refractivity contribution in [3.8, 4) is 5.75 Å². The van der Waals surface area contributed by atoms with E-state index >= 15 is 0 Å². The lowest BCUT2D eigenvalue weighted by Crippen LogP contribution is -2.28. The van der Waals surface area contributed by atoms with E-state index < -0.39 is 5.92 Å². The molecule has 1 saturated heterocycles. The Bertz CT molecular complexity index is 870. The highest BCUT2D eigenvalue weighted by Gasteiger charge is 2.36. The quantitative estimate of drug-likeness (QED) is 0.843. The van der Waals surface area contributed by atoms with Crippen molar-refractivity contribution in [3.05, 3.63) is 52.0 Å². The number of nitrogens with one attached hydrogen (secondary N) is 1. The van der Waals surface area contributed by atoms with Gasteiger partial charge in [0.25, 0.3) is 0 Å². The Kier molecular flexibility index (Phi) is 5.39. The minimum atomic E-state index is -0.483. The van der Waals surface area contributed by atoms with Crippen LogP contribution in [0.4, 0.5) is 11.4 Å². The zero-order valence-electron chi connectivity index (χ0n) is 14.4. The standard InChI is InChI=1S/C19H18Cl2N2O3/c1-11-3-5-15(14(21)7-11)22-19(25)12-8-18(24)23(10-12)16-9-13(20)4-6-17(16)26-2/h3-7,9,12H,8,10H2,1-2H3,(H,22,25)/t12-/m0/s1. The second-order valence-corrected chi connectivity index (χ2v) is 7.04. The van der Waals surface area contributed by atoms with Crippen molar-refractivity contribution >= 4 is 46.4 Å². The number of ether oxygens (including phenoxy) is 1. The van der Waals surface area contributed by atoms with Crippen molar-refractivity contribution in [2.24, 2.45) is 5.92 Å². The van der Waals surface area contributed by atoms with Crippen LogP contribution in [0.15, 0.2) is 36.4 Å². The molecule has 136 valence electrons. The Morgan fingerprint density at radius 3 is 2.69 bits per heavy atom. The third-order valence-electron chi connectivity index (χ3n) is 4.31. The van der Waals surface area contributed by atoms with Gasteiger partial charge < -0.3 is 15.0 Å². The second kappa shape index (κ2) is 7.56. The molecule has 0 spiro atoms. The highest BCUT2D eigenvalue weighted by molar-refractivity contribution is 6.33. The summed E-state index contributed by atoms with van der Waals surface area (Å²) in [4.78, 5) is 26.6. The molecule has 1 N–H and O–H groups in total. The van der Waals surface area contributed by atoms with Gasteiger partial charge in [0.2, 0.25) is 11.8 Å². The van der Waals surface area contributed by atoms with Gasteiger partial charge in [-0.1, -0.05) is 29.3 Å². The summed E-state index contributed by atoms with van der Waals surface area (Å²) in [7, 11) is 1.52. The Morgan fingerprint density at radius 2 is 2.00 bits per heavy atom. The highest BCUT2D eigenvalue weighted by atomic mass is 35.5. The molecule has 0 saturated carbocycles. The number of hydrogen-bond donors (Lipinski definition) is 1. The zero-order chi connectivity index (χ0) is 18.8. The van der Waals surface area contributed by atoms with Gasteiger partial charge in [-0.3, -0.25) is 9.59 Å². The van der Waals surface area contributed by atoms with E-state index in [2.05, 4.69) is 5.32 Å². The molecule has 1 aliphatic rings. The normalized spacial score (nSPS) is 16.7. The van der Waals surface area contributed by atoms with E-state index in [1.54, 1.807) is 30.3 Å². The largest absolute Gasteiger partial charge is 0.495 e. The van der Waals surface area contributed by atoms with Crippen LogP contribution in [-0.4, -0.2) is 25.5 Å². The molecule has 2 aromatic carbocycles. The van der Waals surface area contributed by atoms with Gasteiger partial charge in [0, 0.05) is 18.0 Å². The number of benzene rings is 2. The van der Waals surface area contributed by atoms with E-state index in [1.165, 1.54) is 12.0 Å². The van der Waals surface area contributed by atoms with Crippen molar-refractivity contribution in [1.29, 1.82) is 0 Å². The van der Waals surface area contributed by atoms with Crippen LogP contribution in [0.25, 0.3) is 0 Å². The molecule has 2 aromatic rings. The average molecular weight is 393 g/mol. The summed E-state index contributed by atoms with van der Waals surface area (Å²) in [5.41, 5.74) is 2.10. The van der Waals surface area contributed by atoms with Crippen molar-refractivity contribution in [2.45, 2.75) is 13.3 Å². The average Bonchev–Trinajstić information content (AvgIpc) is 2.99. The Balaban J connectivity index is 1.77. The van der Waals surface area contributed by atoms with Crippen LogP contribution in [-0.2, 0) is 9.59 Å². The van der Waals surface area contributed by atoms with E-state index in [-0.39, 0.29) is 24.8 Å². The molecule has 26 heavy (non-hydrogen) atoms. The third-order valence-corrected chi connectivity index (χ3v) is 4.86. The van der Waals surface area contributed by atoms with Gasteiger partial charge in [-0.05, 0) is 42.8 Å². The topological polar surface area (TPSA) is 58.6 Å². The summed E-state index contributed by atoms with van der Waals surface area (Å²) in [6.07, 6.45) is 0.116. The molecular formula is C19H18Cl2N2O3. The number of methoxy groups -OCH3 is 1. The molecule has 2 amide bonds. The molecule has 3 rings (SSSR count). The SMILES string of the molecule is COc1ccc(Cl)cc1N1C[C@@H](C(=O)Nc2ccc(C)cc2Cl)CC1=O. The molecule has 1 aliphatic heterocycles. The van der Waals surface area contributed by atoms with E-state index in [1.807, 2.05) is 13.0 Å². The molecular weight excluding hydrogens is 375 g/mol. The highest BCUT2D eigenvalue weighted by Crippen LogP contribution is 2.35.